The zero-order chi connectivity index (χ0) is 14.5. The number of nitrogens with zero attached hydrogens (tertiary/aromatic N) is 2. The van der Waals surface area contributed by atoms with Gasteiger partial charge in [-0.15, -0.1) is 11.8 Å². The smallest absolute Gasteiger partial charge is 0.136 e. The highest BCUT2D eigenvalue weighted by Gasteiger charge is 2.12. The first kappa shape index (κ1) is 15.1. The van der Waals surface area contributed by atoms with Gasteiger partial charge < -0.3 is 5.11 Å². The minimum atomic E-state index is -0.514. The molecular formula is C15H19FN2OS. The van der Waals surface area contributed by atoms with E-state index in [-0.39, 0.29) is 5.82 Å². The van der Waals surface area contributed by atoms with Gasteiger partial charge in [0.15, 0.2) is 0 Å². The standard InChI is InChI=1S/C15H19FN2OS/c1-3-11-8-12(18(2)17-11)9-13(19)10-20-15-7-5-4-6-14(15)16/h4-8,13,19H,3,9-10H2,1-2H3. The van der Waals surface area contributed by atoms with Gasteiger partial charge in [-0.1, -0.05) is 19.1 Å². The van der Waals surface area contributed by atoms with E-state index >= 15 is 0 Å². The van der Waals surface area contributed by atoms with Crippen molar-refractivity contribution >= 4 is 11.8 Å². The molecule has 1 N–H and O–H groups in total. The normalized spacial score (nSPS) is 12.6. The monoisotopic (exact) mass is 294 g/mol. The van der Waals surface area contributed by atoms with Gasteiger partial charge in [-0.3, -0.25) is 4.68 Å². The van der Waals surface area contributed by atoms with Gasteiger partial charge >= 0.3 is 0 Å². The predicted molar refractivity (Wildman–Crippen MR) is 79.4 cm³/mol. The van der Waals surface area contributed by atoms with Crippen molar-refractivity contribution in [2.45, 2.75) is 30.8 Å². The third-order valence-corrected chi connectivity index (χ3v) is 4.30. The van der Waals surface area contributed by atoms with Crippen LogP contribution in [0.25, 0.3) is 0 Å². The van der Waals surface area contributed by atoms with E-state index < -0.39 is 6.10 Å². The topological polar surface area (TPSA) is 38.0 Å². The van der Waals surface area contributed by atoms with Crippen LogP contribution in [-0.2, 0) is 19.9 Å². The highest BCUT2D eigenvalue weighted by Crippen LogP contribution is 2.22. The van der Waals surface area contributed by atoms with Gasteiger partial charge in [0, 0.05) is 29.8 Å². The number of aryl methyl sites for hydroxylation is 2. The van der Waals surface area contributed by atoms with E-state index in [9.17, 15) is 9.50 Å². The molecule has 0 fully saturated rings. The number of aromatic nitrogens is 2. The zero-order valence-corrected chi connectivity index (χ0v) is 12.5. The number of hydrogen-bond donors (Lipinski definition) is 1. The molecule has 0 saturated heterocycles. The third-order valence-electron chi connectivity index (χ3n) is 3.10. The van der Waals surface area contributed by atoms with E-state index in [4.69, 9.17) is 0 Å². The molecule has 2 aromatic rings. The van der Waals surface area contributed by atoms with Crippen molar-refractivity contribution in [3.05, 3.63) is 47.5 Å². The summed E-state index contributed by atoms with van der Waals surface area (Å²) in [6.45, 7) is 2.05. The van der Waals surface area contributed by atoms with E-state index in [1.165, 1.54) is 17.8 Å². The van der Waals surface area contributed by atoms with Crippen molar-refractivity contribution in [2.24, 2.45) is 7.05 Å². The number of aliphatic hydroxyl groups is 1. The molecule has 108 valence electrons. The Bertz CT molecular complexity index is 571. The Balaban J connectivity index is 1.91. The van der Waals surface area contributed by atoms with Crippen LogP contribution in [0.2, 0.25) is 0 Å². The molecule has 0 aliphatic rings. The van der Waals surface area contributed by atoms with Crippen LogP contribution in [-0.4, -0.2) is 26.7 Å². The number of aliphatic hydroxyl groups excluding tert-OH is 1. The lowest BCUT2D eigenvalue weighted by Crippen LogP contribution is -2.16. The molecule has 20 heavy (non-hydrogen) atoms. The summed E-state index contributed by atoms with van der Waals surface area (Å²) in [5.74, 6) is 0.228. The maximum Gasteiger partial charge on any atom is 0.136 e. The first-order chi connectivity index (χ1) is 9.60. The summed E-state index contributed by atoms with van der Waals surface area (Å²) in [5, 5.41) is 14.4. The van der Waals surface area contributed by atoms with E-state index in [1.807, 2.05) is 13.1 Å². The minimum Gasteiger partial charge on any atom is -0.392 e. The molecule has 0 amide bonds. The van der Waals surface area contributed by atoms with Crippen LogP contribution in [0, 0.1) is 5.82 Å². The van der Waals surface area contributed by atoms with Gasteiger partial charge in [0.05, 0.1) is 11.8 Å². The van der Waals surface area contributed by atoms with Crippen LogP contribution in [0.5, 0.6) is 0 Å². The van der Waals surface area contributed by atoms with E-state index in [1.54, 1.807) is 22.9 Å². The summed E-state index contributed by atoms with van der Waals surface area (Å²) in [6, 6.07) is 8.64. The van der Waals surface area contributed by atoms with Gasteiger partial charge in [0.1, 0.15) is 5.82 Å². The first-order valence-electron chi connectivity index (χ1n) is 6.67. The molecule has 3 nitrogen and oxygen atoms in total. The van der Waals surface area contributed by atoms with Crippen LogP contribution in [0.1, 0.15) is 18.3 Å². The molecule has 0 bridgehead atoms. The third kappa shape index (κ3) is 3.84. The molecule has 1 aromatic heterocycles. The van der Waals surface area contributed by atoms with Crippen molar-refractivity contribution in [2.75, 3.05) is 5.75 Å². The Morgan fingerprint density at radius 1 is 1.40 bits per heavy atom. The molecule has 1 unspecified atom stereocenters. The number of thioether (sulfide) groups is 1. The number of benzene rings is 1. The Kier molecular flexibility index (Phi) is 5.20. The lowest BCUT2D eigenvalue weighted by molar-refractivity contribution is 0.197. The molecule has 1 heterocycles. The minimum absolute atomic E-state index is 0.237. The van der Waals surface area contributed by atoms with Crippen LogP contribution < -0.4 is 0 Å². The van der Waals surface area contributed by atoms with Crippen LogP contribution in [0.4, 0.5) is 4.39 Å². The average molecular weight is 294 g/mol. The SMILES string of the molecule is CCc1cc(CC(O)CSc2ccccc2F)n(C)n1. The van der Waals surface area contributed by atoms with Gasteiger partial charge in [0.2, 0.25) is 0 Å². The summed E-state index contributed by atoms with van der Waals surface area (Å²) < 4.78 is 15.3. The van der Waals surface area contributed by atoms with Crippen molar-refractivity contribution in [1.29, 1.82) is 0 Å². The molecule has 0 spiro atoms. The highest BCUT2D eigenvalue weighted by molar-refractivity contribution is 7.99. The largest absolute Gasteiger partial charge is 0.392 e. The second kappa shape index (κ2) is 6.90. The summed E-state index contributed by atoms with van der Waals surface area (Å²) >= 11 is 1.34. The fourth-order valence-electron chi connectivity index (χ4n) is 1.98. The summed E-state index contributed by atoms with van der Waals surface area (Å²) in [4.78, 5) is 0.575. The fourth-order valence-corrected chi connectivity index (χ4v) is 2.85. The first-order valence-corrected chi connectivity index (χ1v) is 7.66. The number of rotatable bonds is 6. The second-order valence-corrected chi connectivity index (χ2v) is 5.77. The highest BCUT2D eigenvalue weighted by atomic mass is 32.2. The van der Waals surface area contributed by atoms with Crippen molar-refractivity contribution < 1.29 is 9.50 Å². The number of halogens is 1. The molecule has 1 aromatic carbocycles. The lowest BCUT2D eigenvalue weighted by Gasteiger charge is -2.10. The molecule has 0 aliphatic heterocycles. The van der Waals surface area contributed by atoms with Gasteiger partial charge in [-0.25, -0.2) is 4.39 Å². The summed E-state index contributed by atoms with van der Waals surface area (Å²) in [7, 11) is 1.88. The van der Waals surface area contributed by atoms with Gasteiger partial charge in [-0.05, 0) is 24.6 Å². The van der Waals surface area contributed by atoms with Crippen molar-refractivity contribution in [1.82, 2.24) is 9.78 Å². The maximum absolute atomic E-state index is 13.5. The molecule has 2 rings (SSSR count). The van der Waals surface area contributed by atoms with Crippen LogP contribution >= 0.6 is 11.8 Å². The summed E-state index contributed by atoms with van der Waals surface area (Å²) in [6.07, 6.45) is 0.901. The van der Waals surface area contributed by atoms with E-state index in [0.717, 1.165) is 17.8 Å². The Hall–Kier alpha value is -1.33. The molecule has 5 heteroatoms. The quantitative estimate of drug-likeness (QED) is 0.833. The van der Waals surface area contributed by atoms with E-state index in [0.29, 0.717) is 17.1 Å². The molecule has 0 saturated carbocycles. The fraction of sp³-hybridized carbons (Fsp3) is 0.400. The maximum atomic E-state index is 13.5. The Morgan fingerprint density at radius 2 is 2.15 bits per heavy atom. The molecular weight excluding hydrogens is 275 g/mol. The zero-order valence-electron chi connectivity index (χ0n) is 11.7. The second-order valence-electron chi connectivity index (χ2n) is 4.70. The van der Waals surface area contributed by atoms with Crippen molar-refractivity contribution in [3.8, 4) is 0 Å². The number of hydrogen-bond acceptors (Lipinski definition) is 3. The Labute approximate surface area is 122 Å². The molecule has 1 atom stereocenters. The predicted octanol–water partition coefficient (Wildman–Crippen LogP) is 2.82. The lowest BCUT2D eigenvalue weighted by atomic mass is 10.2. The molecule has 0 aliphatic carbocycles. The van der Waals surface area contributed by atoms with Gasteiger partial charge in [-0.2, -0.15) is 5.10 Å². The van der Waals surface area contributed by atoms with Crippen molar-refractivity contribution in [3.63, 3.8) is 0 Å². The van der Waals surface area contributed by atoms with Gasteiger partial charge in [0.25, 0.3) is 0 Å². The summed E-state index contributed by atoms with van der Waals surface area (Å²) in [5.41, 5.74) is 2.03. The van der Waals surface area contributed by atoms with Crippen LogP contribution in [0.3, 0.4) is 0 Å². The molecule has 0 radical (unpaired) electrons. The van der Waals surface area contributed by atoms with E-state index in [2.05, 4.69) is 12.0 Å². The average Bonchev–Trinajstić information content (AvgIpc) is 2.78. The van der Waals surface area contributed by atoms with Crippen LogP contribution in [0.15, 0.2) is 35.2 Å². The Morgan fingerprint density at radius 3 is 2.80 bits per heavy atom.